The van der Waals surface area contributed by atoms with Crippen molar-refractivity contribution in [2.45, 2.75) is 57.7 Å². The lowest BCUT2D eigenvalue weighted by Crippen LogP contribution is -2.59. The van der Waals surface area contributed by atoms with Gasteiger partial charge in [-0.15, -0.1) is 0 Å². The number of rotatable bonds is 0. The van der Waals surface area contributed by atoms with E-state index in [1.54, 1.807) is 0 Å². The van der Waals surface area contributed by atoms with Crippen molar-refractivity contribution in [2.24, 2.45) is 0 Å². The van der Waals surface area contributed by atoms with E-state index in [9.17, 15) is 5.11 Å². The van der Waals surface area contributed by atoms with Gasteiger partial charge in [0.05, 0.1) is 6.10 Å². The van der Waals surface area contributed by atoms with Crippen LogP contribution in [0.5, 0.6) is 0 Å². The maximum Gasteiger partial charge on any atom is 0.0575 e. The molecule has 13 heavy (non-hydrogen) atoms. The zero-order valence-electron chi connectivity index (χ0n) is 8.85. The highest BCUT2D eigenvalue weighted by Gasteiger charge is 2.36. The van der Waals surface area contributed by atoms with E-state index >= 15 is 0 Å². The first kappa shape index (κ1) is 12.5. The highest BCUT2D eigenvalue weighted by atomic mass is 16.3. The number of nitroso groups, excluding NO2 is 1. The molecule has 0 radical (unpaired) electrons. The van der Waals surface area contributed by atoms with E-state index in [1.807, 2.05) is 0 Å². The van der Waals surface area contributed by atoms with E-state index in [4.69, 9.17) is 4.91 Å². The van der Waals surface area contributed by atoms with Crippen LogP contribution in [0.4, 0.5) is 0 Å². The minimum Gasteiger partial charge on any atom is -0.393 e. The zero-order chi connectivity index (χ0) is 10.7. The zero-order valence-corrected chi connectivity index (χ0v) is 8.85. The van der Waals surface area contributed by atoms with Crippen LogP contribution in [-0.4, -0.2) is 22.3 Å². The molecule has 0 saturated carbocycles. The summed E-state index contributed by atoms with van der Waals surface area (Å²) >= 11 is 0. The summed E-state index contributed by atoms with van der Waals surface area (Å²) in [6.07, 6.45) is 1.58. The van der Waals surface area contributed by atoms with Crippen LogP contribution >= 0.6 is 0 Å². The van der Waals surface area contributed by atoms with Gasteiger partial charge in [-0.05, 0) is 40.5 Å². The van der Waals surface area contributed by atoms with Gasteiger partial charge in [-0.25, -0.2) is 0 Å². The molecule has 3 N–H and O–H groups in total. The molecule has 0 aromatic heterocycles. The molecular weight excluding hydrogens is 168 g/mol. The van der Waals surface area contributed by atoms with E-state index in [0.717, 1.165) is 12.8 Å². The number of nitrogens with one attached hydrogen (secondary N) is 2. The first-order valence-electron chi connectivity index (χ1n) is 4.49. The molecule has 1 saturated heterocycles. The molecule has 0 aromatic carbocycles. The van der Waals surface area contributed by atoms with Crippen LogP contribution in [0, 0.1) is 10.5 Å². The van der Waals surface area contributed by atoms with Crippen LogP contribution in [0.15, 0.2) is 0 Å². The lowest BCUT2D eigenvalue weighted by molar-refractivity contribution is 0.0396. The second-order valence-electron chi connectivity index (χ2n) is 4.95. The van der Waals surface area contributed by atoms with Crippen LogP contribution in [0.1, 0.15) is 40.5 Å². The van der Waals surface area contributed by atoms with E-state index in [1.165, 1.54) is 0 Å². The van der Waals surface area contributed by atoms with Gasteiger partial charge in [0.2, 0.25) is 0 Å². The molecule has 1 aliphatic heterocycles. The molecule has 0 aliphatic carbocycles. The average Bonchev–Trinajstić information content (AvgIpc) is 1.82. The van der Waals surface area contributed by atoms with Crippen LogP contribution in [0.3, 0.4) is 0 Å². The highest BCUT2D eigenvalue weighted by Crippen LogP contribution is 2.27. The normalized spacial score (nSPS) is 25.9. The largest absolute Gasteiger partial charge is 0.393 e. The van der Waals surface area contributed by atoms with Crippen molar-refractivity contribution in [1.82, 2.24) is 5.32 Å². The fourth-order valence-electron chi connectivity index (χ4n) is 2.27. The van der Waals surface area contributed by atoms with Crippen molar-refractivity contribution < 1.29 is 5.11 Å². The first-order chi connectivity index (χ1) is 5.81. The SMILES string of the molecule is CC1(C)CC(O)CC(C)(C)N1.N=O. The lowest BCUT2D eigenvalue weighted by atomic mass is 9.81. The smallest absolute Gasteiger partial charge is 0.0575 e. The Morgan fingerprint density at radius 3 is 1.69 bits per heavy atom. The third kappa shape index (κ3) is 4.33. The van der Waals surface area contributed by atoms with E-state index < -0.39 is 0 Å². The Kier molecular flexibility index (Phi) is 4.00. The van der Waals surface area contributed by atoms with E-state index in [0.29, 0.717) is 0 Å². The number of hydrogen-bond donors (Lipinski definition) is 3. The molecular formula is C9H20N2O2. The monoisotopic (exact) mass is 188 g/mol. The topological polar surface area (TPSA) is 73.2 Å². The van der Waals surface area contributed by atoms with Gasteiger partial charge in [0.15, 0.2) is 0 Å². The van der Waals surface area contributed by atoms with Crippen LogP contribution in [0.25, 0.3) is 0 Å². The summed E-state index contributed by atoms with van der Waals surface area (Å²) < 4.78 is 0. The molecule has 0 atom stereocenters. The van der Waals surface area contributed by atoms with Gasteiger partial charge in [0.25, 0.3) is 0 Å². The Hall–Kier alpha value is -0.480. The lowest BCUT2D eigenvalue weighted by Gasteiger charge is -2.44. The summed E-state index contributed by atoms with van der Waals surface area (Å²) in [5.41, 5.74) is 4.67. The number of hydrogen-bond acceptors (Lipinski definition) is 4. The van der Waals surface area contributed by atoms with Crippen molar-refractivity contribution in [2.75, 3.05) is 0 Å². The molecule has 78 valence electrons. The summed E-state index contributed by atoms with van der Waals surface area (Å²) in [5.74, 6) is 0. The molecule has 1 aliphatic rings. The second-order valence-corrected chi connectivity index (χ2v) is 4.95. The van der Waals surface area contributed by atoms with Gasteiger partial charge in [-0.3, -0.25) is 0 Å². The van der Waals surface area contributed by atoms with Crippen LogP contribution in [0.2, 0.25) is 0 Å². The summed E-state index contributed by atoms with van der Waals surface area (Å²) in [7, 11) is 0. The summed E-state index contributed by atoms with van der Waals surface area (Å²) in [6.45, 7) is 8.54. The highest BCUT2D eigenvalue weighted by molar-refractivity contribution is 4.96. The second kappa shape index (κ2) is 4.15. The molecule has 1 rings (SSSR count). The van der Waals surface area contributed by atoms with Crippen LogP contribution < -0.4 is 5.32 Å². The number of aliphatic hydroxyl groups excluding tert-OH is 1. The summed E-state index contributed by atoms with van der Waals surface area (Å²) in [6, 6.07) is 0. The van der Waals surface area contributed by atoms with Crippen molar-refractivity contribution in [3.05, 3.63) is 4.91 Å². The molecule has 0 bridgehead atoms. The molecule has 0 amide bonds. The quantitative estimate of drug-likeness (QED) is 0.506. The molecule has 0 spiro atoms. The first-order valence-corrected chi connectivity index (χ1v) is 4.49. The Balaban J connectivity index is 0.000000671. The minimum absolute atomic E-state index is 0.0845. The Morgan fingerprint density at radius 1 is 1.15 bits per heavy atom. The third-order valence-corrected chi connectivity index (χ3v) is 2.17. The molecule has 4 heteroatoms. The molecule has 0 aromatic rings. The van der Waals surface area contributed by atoms with Crippen molar-refractivity contribution in [1.29, 1.82) is 5.59 Å². The van der Waals surface area contributed by atoms with E-state index in [2.05, 4.69) is 38.6 Å². The average molecular weight is 188 g/mol. The van der Waals surface area contributed by atoms with Gasteiger partial charge in [-0.1, -0.05) is 5.59 Å². The number of piperidine rings is 1. The number of aliphatic hydroxyl groups is 1. The molecule has 4 nitrogen and oxygen atoms in total. The Morgan fingerprint density at radius 2 is 1.46 bits per heavy atom. The minimum atomic E-state index is -0.138. The maximum atomic E-state index is 9.54. The predicted molar refractivity (Wildman–Crippen MR) is 52.6 cm³/mol. The van der Waals surface area contributed by atoms with Gasteiger partial charge in [0.1, 0.15) is 0 Å². The third-order valence-electron chi connectivity index (χ3n) is 2.17. The molecule has 0 unspecified atom stereocenters. The Bertz CT molecular complexity index is 153. The van der Waals surface area contributed by atoms with E-state index in [-0.39, 0.29) is 17.2 Å². The van der Waals surface area contributed by atoms with Crippen molar-refractivity contribution >= 4 is 0 Å². The van der Waals surface area contributed by atoms with Gasteiger partial charge >= 0.3 is 0 Å². The predicted octanol–water partition coefficient (Wildman–Crippen LogP) is 1.62. The summed E-state index contributed by atoms with van der Waals surface area (Å²) in [4.78, 5) is 7.50. The van der Waals surface area contributed by atoms with Gasteiger partial charge in [-0.2, -0.15) is 4.91 Å². The molecule has 1 heterocycles. The van der Waals surface area contributed by atoms with Gasteiger partial charge in [0, 0.05) is 11.1 Å². The Labute approximate surface area is 79.5 Å². The fourth-order valence-corrected chi connectivity index (χ4v) is 2.27. The molecule has 1 fully saturated rings. The van der Waals surface area contributed by atoms with Gasteiger partial charge < -0.3 is 10.4 Å². The summed E-state index contributed by atoms with van der Waals surface area (Å²) in [5, 5.41) is 13.0. The van der Waals surface area contributed by atoms with Crippen molar-refractivity contribution in [3.63, 3.8) is 0 Å². The maximum absolute atomic E-state index is 9.54. The standard InChI is InChI=1S/C9H19NO.HNO/c1-8(2)5-7(11)6-9(3,4)10-8;1-2/h7,10-11H,5-6H2,1-4H3;1H. The van der Waals surface area contributed by atoms with Crippen LogP contribution in [-0.2, 0) is 0 Å². The fraction of sp³-hybridized carbons (Fsp3) is 1.00. The van der Waals surface area contributed by atoms with Crippen molar-refractivity contribution in [3.8, 4) is 0 Å².